The number of fused-ring (bicyclic) bond motifs is 4. The van der Waals surface area contributed by atoms with Crippen LogP contribution in [0.4, 0.5) is 38.4 Å². The van der Waals surface area contributed by atoms with Gasteiger partial charge in [-0.3, -0.25) is 78.4 Å². The number of urea groups is 8. The zero-order valence-electron chi connectivity index (χ0n) is 58.5. The molecule has 0 spiro atoms. The van der Waals surface area contributed by atoms with E-state index in [1.54, 1.807) is 76.2 Å². The first kappa shape index (κ1) is 75.1. The van der Waals surface area contributed by atoms with Gasteiger partial charge in [-0.2, -0.15) is 0 Å². The molecule has 0 atom stereocenters. The maximum Gasteiger partial charge on any atom is 2.00 e. The fourth-order valence-electron chi connectivity index (χ4n) is 18.6. The summed E-state index contributed by atoms with van der Waals surface area (Å²) in [7, 11) is -18.7. The van der Waals surface area contributed by atoms with Crippen LogP contribution in [-0.4, -0.2) is 315 Å². The fraction of sp³-hybridized carbons (Fsp3) is 0.548. The normalized spacial score (nSPS) is 27.9. The number of nitrogens with zero attached hydrogens (tertiary/aromatic N) is 16. The van der Waals surface area contributed by atoms with Crippen molar-refractivity contribution in [2.75, 3.05) is 89.5 Å². The topological polar surface area (TPSA) is 454 Å². The second-order valence-electron chi connectivity index (χ2n) is 28.8. The summed E-state index contributed by atoms with van der Waals surface area (Å²) in [5.74, 6) is -2.58. The monoisotopic (exact) mass is 1680 g/mol. The number of carbonyl (C=O) groups excluding carboxylic acids is 8. The van der Waals surface area contributed by atoms with E-state index in [0.29, 0.717) is 21.5 Å². The third kappa shape index (κ3) is 10.4. The summed E-state index contributed by atoms with van der Waals surface area (Å²) in [6.07, 6.45) is -6.29. The Morgan fingerprint density at radius 1 is 0.315 bits per heavy atom. The molecule has 108 heavy (non-hydrogen) atoms. The molecule has 0 radical (unpaired) electrons. The zero-order valence-corrected chi connectivity index (χ0v) is 67.7. The minimum atomic E-state index is -4.69. The van der Waals surface area contributed by atoms with Crippen molar-refractivity contribution in [3.8, 4) is 23.0 Å². The summed E-state index contributed by atoms with van der Waals surface area (Å²) >= 11 is 0. The van der Waals surface area contributed by atoms with Crippen molar-refractivity contribution in [1.29, 1.82) is 0 Å². The van der Waals surface area contributed by atoms with Crippen LogP contribution in [-0.2, 0) is 106 Å². The van der Waals surface area contributed by atoms with E-state index in [1.165, 1.54) is 78.4 Å². The number of hydrogen-bond donors (Lipinski definition) is 0. The van der Waals surface area contributed by atoms with Crippen molar-refractivity contribution in [2.45, 2.75) is 127 Å². The van der Waals surface area contributed by atoms with E-state index in [2.05, 4.69) is 0 Å². The van der Waals surface area contributed by atoms with Gasteiger partial charge in [0.05, 0.1) is 93.1 Å². The van der Waals surface area contributed by atoms with Crippen LogP contribution in [0.2, 0.25) is 0 Å². The van der Waals surface area contributed by atoms with Gasteiger partial charge in [-0.15, -0.1) is 0 Å². The fourth-order valence-corrected chi connectivity index (χ4v) is 20.4. The van der Waals surface area contributed by atoms with E-state index < -0.39 is 199 Å². The molecule has 16 amide bonds. The van der Waals surface area contributed by atoms with E-state index in [4.69, 9.17) is 18.9 Å². The van der Waals surface area contributed by atoms with Crippen LogP contribution in [0.25, 0.3) is 21.5 Å². The van der Waals surface area contributed by atoms with E-state index in [0.717, 1.165) is 0 Å². The molecule has 0 N–H and O–H groups in total. The van der Waals surface area contributed by atoms with E-state index in [1.807, 2.05) is 0 Å². The number of rotatable bonds is 20. The maximum absolute atomic E-state index is 15.9. The van der Waals surface area contributed by atoms with Crippen LogP contribution in [0.1, 0.15) is 75.6 Å². The molecule has 13 aliphatic heterocycles. The quantitative estimate of drug-likeness (QED) is 0.0671. The molecule has 0 aliphatic carbocycles. The van der Waals surface area contributed by atoms with Gasteiger partial charge < -0.3 is 37.2 Å². The molecule has 0 aromatic heterocycles. The van der Waals surface area contributed by atoms with Gasteiger partial charge in [0.25, 0.3) is 0 Å². The Balaban J connectivity index is 0.00000465. The summed E-state index contributed by atoms with van der Waals surface area (Å²) in [5.41, 5.74) is -5.90. The molecule has 17 rings (SSSR count). The second-order valence-corrected chi connectivity index (χ2v) is 34.9. The molecule has 13 heterocycles. The molecule has 0 bridgehead atoms. The second kappa shape index (κ2) is 25.1. The maximum atomic E-state index is 15.9. The van der Waals surface area contributed by atoms with Gasteiger partial charge in [0, 0.05) is 66.8 Å². The van der Waals surface area contributed by atoms with Gasteiger partial charge >= 0.3 is 87.2 Å². The summed E-state index contributed by atoms with van der Waals surface area (Å²) < 4.78 is 167. The average molecular weight is 1680 g/mol. The Morgan fingerprint density at radius 3 is 0.694 bits per heavy atom. The largest absolute Gasteiger partial charge is 2.00 e. The van der Waals surface area contributed by atoms with Crippen molar-refractivity contribution in [1.82, 2.24) is 78.4 Å². The zero-order chi connectivity index (χ0) is 75.1. The molecule has 40 nitrogen and oxygen atoms in total. The molecule has 11 fully saturated rings. The van der Waals surface area contributed by atoms with Gasteiger partial charge in [-0.1, -0.05) is 48.5 Å². The van der Waals surface area contributed by atoms with Crippen molar-refractivity contribution >= 4 is 110 Å². The summed E-state index contributed by atoms with van der Waals surface area (Å²) in [6.45, 7) is 0.311. The van der Waals surface area contributed by atoms with Crippen LogP contribution in [0, 0.1) is 0 Å². The molecule has 13 aliphatic rings. The Hall–Kier alpha value is -8.35. The number of ether oxygens (including phenoxy) is 4. The van der Waals surface area contributed by atoms with Crippen LogP contribution in [0.5, 0.6) is 23.0 Å². The van der Waals surface area contributed by atoms with Gasteiger partial charge in [-0.05, 0) is 53.4 Å². The first-order chi connectivity index (χ1) is 49.9. The number of hydrogen-bond acceptors (Lipinski definition) is 24. The Bertz CT molecular complexity index is 4550. The average Bonchev–Trinajstić information content (AvgIpc) is 1.49. The van der Waals surface area contributed by atoms with Crippen LogP contribution >= 0.6 is 0 Å². The molecule has 4 aromatic carbocycles. The van der Waals surface area contributed by atoms with Gasteiger partial charge in [0.1, 0.15) is 63.0 Å². The third-order valence-electron chi connectivity index (χ3n) is 23.7. The predicted octanol–water partition coefficient (Wildman–Crippen LogP) is 0.828. The first-order valence-electron chi connectivity index (χ1n) is 34.0. The summed E-state index contributed by atoms with van der Waals surface area (Å²) in [5, 5.41) is 1.53. The van der Waals surface area contributed by atoms with Crippen molar-refractivity contribution in [3.63, 3.8) is 0 Å². The molecule has 11 saturated heterocycles. The molecule has 4 aromatic rings. The number of amides is 16. The van der Waals surface area contributed by atoms with Crippen LogP contribution in [0.15, 0.2) is 48.5 Å². The number of carbonyl (C=O) groups is 8. The summed E-state index contributed by atoms with van der Waals surface area (Å²) in [4.78, 5) is 148. The third-order valence-corrected chi connectivity index (χ3v) is 26.9. The van der Waals surface area contributed by atoms with E-state index >= 15 is 38.4 Å². The van der Waals surface area contributed by atoms with Gasteiger partial charge in [0.15, 0.2) is 47.3 Å². The van der Waals surface area contributed by atoms with E-state index in [9.17, 15) is 51.9 Å². The Labute approximate surface area is 642 Å². The van der Waals surface area contributed by atoms with E-state index in [-0.39, 0.29) is 162 Å². The van der Waals surface area contributed by atoms with Crippen molar-refractivity contribution in [3.05, 3.63) is 70.8 Å². The van der Waals surface area contributed by atoms with Crippen molar-refractivity contribution < 1.29 is 148 Å². The first-order valence-corrected chi connectivity index (χ1v) is 40.3. The molecule has 0 saturated carbocycles. The SMILES string of the molecule is CC12N3Cc4c(c(OCCCS(=O)(=O)[O-])c5ccccc5c4OCCCS(=O)(=O)[O-])CN1C(=O)N1CN4C(=O)N5CN6C(=O)N7CN8C(=O)N9Cc%10c(c(OCCCS(=O)(=O)[O-])c%11ccccc%11c%10OCCCS(=O)(=O)[O-])CN%10C(=O)N(CN%11C(=O)N(CN%12C(=O)N(CN(C3=O)C12C)C4C%125)C6C%117)C8(C)C%109C.[Zn+2].[Zn+2]. The molecule has 46 heteroatoms. The molecule has 0 unspecified atom stereocenters. The number of benzene rings is 4. The predicted molar refractivity (Wildman–Crippen MR) is 352 cm³/mol. The minimum absolute atomic E-state index is 0. The van der Waals surface area contributed by atoms with Crippen LogP contribution in [0.3, 0.4) is 0 Å². The smallest absolute Gasteiger partial charge is 0.748 e. The molecular weight excluding hydrogens is 1610 g/mol. The summed E-state index contributed by atoms with van der Waals surface area (Å²) in [6, 6.07) is 7.33. The van der Waals surface area contributed by atoms with Crippen molar-refractivity contribution in [2.24, 2.45) is 0 Å². The van der Waals surface area contributed by atoms with Crippen LogP contribution < -0.4 is 18.9 Å². The Morgan fingerprint density at radius 2 is 0.500 bits per heavy atom. The van der Waals surface area contributed by atoms with Gasteiger partial charge in [0.2, 0.25) is 0 Å². The Kier molecular flexibility index (Phi) is 17.4. The molecule has 568 valence electrons. The molecular formula is C62H68N16O24S4Zn2. The standard InChI is InChI=1S/C62H72N16O24S4.2Zn/c1-59-61(3)75-31-67-49-47-63(51(67)79)29-65-48-50-69(53(65)81)33-77-57(85)73-27-41-42(46(102-20-12-24-106(96,97)98)38-16-8-7-15-37(38)45(41)101-19-11-23-105(93,94)95)28-74-58(86)78(62(77,4)60(73,74)2)34-70(50)54(82)66(48)30-64(47)52(80)68(49)32-76(61)56(84)72(59)26-40-39(25-71(59)55(75)83)43(99-17-9-21-103(87,88)89)35-13-5-6-14-36(35)44(40)100-18-10-22-104(90,91)92;;/h5-8,13-16,47-50H,9-12,17-34H2,1-4H3,(H,87,88,89)(H,90,91,92)(H,93,94,95)(H,96,97,98);;/q;2*+2/p-4. The van der Waals surface area contributed by atoms with Gasteiger partial charge in [-0.25, -0.2) is 72.0 Å². The minimum Gasteiger partial charge on any atom is -0.748 e.